The third kappa shape index (κ3) is 2.91. The molecule has 0 spiro atoms. The molecule has 3 rings (SSSR count). The summed E-state index contributed by atoms with van der Waals surface area (Å²) in [7, 11) is 1.96. The number of rotatable bonds is 4. The summed E-state index contributed by atoms with van der Waals surface area (Å²) < 4.78 is 3.05. The number of hydrogen-bond acceptors (Lipinski definition) is 3. The van der Waals surface area contributed by atoms with Crippen LogP contribution in [0.15, 0.2) is 40.4 Å². The van der Waals surface area contributed by atoms with E-state index in [1.807, 2.05) is 30.8 Å². The van der Waals surface area contributed by atoms with Crippen molar-refractivity contribution in [2.75, 3.05) is 7.05 Å². The molecule has 2 heterocycles. The molecule has 0 fully saturated rings. The maximum absolute atomic E-state index is 6.13. The Kier molecular flexibility index (Phi) is 4.12. The predicted molar refractivity (Wildman–Crippen MR) is 87.7 cm³/mol. The summed E-state index contributed by atoms with van der Waals surface area (Å²) in [6.45, 7) is 0. The van der Waals surface area contributed by atoms with E-state index in [-0.39, 0.29) is 6.04 Å². The molecule has 0 aliphatic heterocycles. The fourth-order valence-electron chi connectivity index (χ4n) is 2.25. The number of imidazole rings is 1. The molecule has 1 atom stereocenters. The van der Waals surface area contributed by atoms with Crippen molar-refractivity contribution in [3.8, 4) is 0 Å². The van der Waals surface area contributed by atoms with E-state index in [0.29, 0.717) is 0 Å². The predicted octanol–water partition coefficient (Wildman–Crippen LogP) is 4.31. The van der Waals surface area contributed by atoms with Crippen molar-refractivity contribution in [2.24, 2.45) is 0 Å². The van der Waals surface area contributed by atoms with Gasteiger partial charge in [0.05, 0.1) is 5.69 Å². The van der Waals surface area contributed by atoms with Crippen LogP contribution >= 0.6 is 38.9 Å². The van der Waals surface area contributed by atoms with Crippen molar-refractivity contribution < 1.29 is 0 Å². The molecule has 104 valence electrons. The molecule has 0 amide bonds. The lowest BCUT2D eigenvalue weighted by Gasteiger charge is -2.16. The fraction of sp³-hybridized carbons (Fsp3) is 0.214. The first-order valence-electron chi connectivity index (χ1n) is 6.20. The Bertz CT molecular complexity index is 688. The Morgan fingerprint density at radius 3 is 3.00 bits per heavy atom. The van der Waals surface area contributed by atoms with E-state index in [4.69, 9.17) is 11.6 Å². The van der Waals surface area contributed by atoms with Crippen LogP contribution in [-0.2, 0) is 6.42 Å². The van der Waals surface area contributed by atoms with Gasteiger partial charge in [-0.3, -0.25) is 4.40 Å². The SMILES string of the molecule is CNC(Cc1cn2ccsc2n1)c1cc(Cl)cc(Br)c1. The smallest absolute Gasteiger partial charge is 0.193 e. The maximum Gasteiger partial charge on any atom is 0.193 e. The van der Waals surface area contributed by atoms with E-state index in [0.717, 1.165) is 32.1 Å². The molecular formula is C14H13BrClN3S. The van der Waals surface area contributed by atoms with Crippen molar-refractivity contribution in [2.45, 2.75) is 12.5 Å². The molecule has 0 bridgehead atoms. The lowest BCUT2D eigenvalue weighted by Crippen LogP contribution is -2.19. The number of hydrogen-bond donors (Lipinski definition) is 1. The summed E-state index contributed by atoms with van der Waals surface area (Å²) in [5.74, 6) is 0. The number of aromatic nitrogens is 2. The van der Waals surface area contributed by atoms with Crippen molar-refractivity contribution >= 4 is 43.8 Å². The molecule has 0 saturated heterocycles. The van der Waals surface area contributed by atoms with Gasteiger partial charge in [-0.25, -0.2) is 4.98 Å². The maximum atomic E-state index is 6.13. The first-order valence-corrected chi connectivity index (χ1v) is 8.25. The Morgan fingerprint density at radius 1 is 1.45 bits per heavy atom. The van der Waals surface area contributed by atoms with Crippen molar-refractivity contribution in [1.29, 1.82) is 0 Å². The Labute approximate surface area is 134 Å². The van der Waals surface area contributed by atoms with Gasteiger partial charge in [0, 0.05) is 39.7 Å². The largest absolute Gasteiger partial charge is 0.313 e. The Balaban J connectivity index is 1.87. The lowest BCUT2D eigenvalue weighted by molar-refractivity contribution is 0.586. The van der Waals surface area contributed by atoms with E-state index in [1.54, 1.807) is 11.3 Å². The van der Waals surface area contributed by atoms with Gasteiger partial charge >= 0.3 is 0 Å². The summed E-state index contributed by atoms with van der Waals surface area (Å²) in [6, 6.07) is 6.16. The molecule has 1 N–H and O–H groups in total. The van der Waals surface area contributed by atoms with Gasteiger partial charge in [0.2, 0.25) is 0 Å². The van der Waals surface area contributed by atoms with Gasteiger partial charge in [0.25, 0.3) is 0 Å². The second kappa shape index (κ2) is 5.85. The van der Waals surface area contributed by atoms with E-state index in [2.05, 4.69) is 42.9 Å². The lowest BCUT2D eigenvalue weighted by atomic mass is 10.0. The van der Waals surface area contributed by atoms with E-state index in [9.17, 15) is 0 Å². The third-order valence-electron chi connectivity index (χ3n) is 3.19. The highest BCUT2D eigenvalue weighted by atomic mass is 79.9. The standard InChI is InChI=1S/C14H13BrClN3S/c1-17-13(9-4-10(15)6-11(16)5-9)7-12-8-19-2-3-20-14(19)18-12/h2-6,8,13,17H,7H2,1H3. The van der Waals surface area contributed by atoms with Gasteiger partial charge in [-0.2, -0.15) is 0 Å². The second-order valence-electron chi connectivity index (χ2n) is 4.57. The van der Waals surface area contributed by atoms with Gasteiger partial charge in [-0.15, -0.1) is 11.3 Å². The molecule has 3 aromatic rings. The Hall–Kier alpha value is -0.880. The van der Waals surface area contributed by atoms with Crippen molar-refractivity contribution in [3.05, 3.63) is 56.7 Å². The number of halogens is 2. The van der Waals surface area contributed by atoms with Crippen molar-refractivity contribution in [3.63, 3.8) is 0 Å². The highest BCUT2D eigenvalue weighted by molar-refractivity contribution is 9.10. The number of thiazole rings is 1. The fourth-order valence-corrected chi connectivity index (χ4v) is 3.85. The number of benzene rings is 1. The Morgan fingerprint density at radius 2 is 2.30 bits per heavy atom. The van der Waals surface area contributed by atoms with E-state index >= 15 is 0 Å². The first kappa shape index (κ1) is 14.1. The molecule has 0 saturated carbocycles. The van der Waals surface area contributed by atoms with Gasteiger partial charge in [0.1, 0.15) is 0 Å². The number of likely N-dealkylation sites (N-methyl/N-ethyl adjacent to an activating group) is 1. The van der Waals surface area contributed by atoms with Crippen LogP contribution in [0.5, 0.6) is 0 Å². The van der Waals surface area contributed by atoms with E-state index in [1.165, 1.54) is 0 Å². The van der Waals surface area contributed by atoms with Gasteiger partial charge in [-0.05, 0) is 30.8 Å². The molecule has 1 unspecified atom stereocenters. The molecule has 2 aromatic heterocycles. The first-order chi connectivity index (χ1) is 9.65. The summed E-state index contributed by atoms with van der Waals surface area (Å²) in [6.07, 6.45) is 4.94. The molecule has 3 nitrogen and oxygen atoms in total. The molecular weight excluding hydrogens is 358 g/mol. The molecule has 6 heteroatoms. The normalized spacial score (nSPS) is 12.9. The molecule has 0 aliphatic rings. The second-order valence-corrected chi connectivity index (χ2v) is 6.80. The topological polar surface area (TPSA) is 29.3 Å². The number of nitrogens with one attached hydrogen (secondary N) is 1. The molecule has 0 radical (unpaired) electrons. The number of fused-ring (bicyclic) bond motifs is 1. The van der Waals surface area contributed by atoms with Crippen LogP contribution in [0, 0.1) is 0 Å². The van der Waals surface area contributed by atoms with Crippen LogP contribution in [0.1, 0.15) is 17.3 Å². The van der Waals surface area contributed by atoms with E-state index < -0.39 is 0 Å². The van der Waals surface area contributed by atoms with Crippen LogP contribution in [0.4, 0.5) is 0 Å². The summed E-state index contributed by atoms with van der Waals surface area (Å²) in [4.78, 5) is 5.66. The van der Waals surface area contributed by atoms with Crippen LogP contribution in [0.25, 0.3) is 4.96 Å². The van der Waals surface area contributed by atoms with Crippen molar-refractivity contribution in [1.82, 2.24) is 14.7 Å². The monoisotopic (exact) mass is 369 g/mol. The summed E-state index contributed by atoms with van der Waals surface area (Å²) in [5.41, 5.74) is 2.23. The zero-order chi connectivity index (χ0) is 14.1. The third-order valence-corrected chi connectivity index (χ3v) is 4.64. The average Bonchev–Trinajstić information content (AvgIpc) is 2.95. The summed E-state index contributed by atoms with van der Waals surface area (Å²) >= 11 is 11.3. The minimum Gasteiger partial charge on any atom is -0.313 e. The van der Waals surface area contributed by atoms with Crippen LogP contribution in [0.3, 0.4) is 0 Å². The van der Waals surface area contributed by atoms with Gasteiger partial charge in [-0.1, -0.05) is 27.5 Å². The zero-order valence-electron chi connectivity index (χ0n) is 10.8. The minimum atomic E-state index is 0.189. The zero-order valence-corrected chi connectivity index (χ0v) is 14.0. The minimum absolute atomic E-state index is 0.189. The van der Waals surface area contributed by atoms with Gasteiger partial charge < -0.3 is 5.32 Å². The molecule has 0 aliphatic carbocycles. The van der Waals surface area contributed by atoms with Gasteiger partial charge in [0.15, 0.2) is 4.96 Å². The summed E-state index contributed by atoms with van der Waals surface area (Å²) in [5, 5.41) is 6.11. The highest BCUT2D eigenvalue weighted by Gasteiger charge is 2.14. The van der Waals surface area contributed by atoms with Crippen LogP contribution in [0.2, 0.25) is 5.02 Å². The molecule has 1 aromatic carbocycles. The van der Waals surface area contributed by atoms with Crippen LogP contribution < -0.4 is 5.32 Å². The van der Waals surface area contributed by atoms with Crippen LogP contribution in [-0.4, -0.2) is 16.4 Å². The average molecular weight is 371 g/mol. The molecule has 20 heavy (non-hydrogen) atoms. The highest BCUT2D eigenvalue weighted by Crippen LogP contribution is 2.26. The number of nitrogens with zero attached hydrogens (tertiary/aromatic N) is 2. The quantitative estimate of drug-likeness (QED) is 0.741.